The van der Waals surface area contributed by atoms with Crippen LogP contribution < -0.4 is 11.1 Å². The summed E-state index contributed by atoms with van der Waals surface area (Å²) in [6, 6.07) is 0. The minimum Gasteiger partial charge on any atom is -0.359 e. The Labute approximate surface area is 161 Å². The third-order valence-electron chi connectivity index (χ3n) is 5.02. The molecule has 0 heterocycles. The molecule has 2 atom stereocenters. The number of carbonyl (C=O) groups is 1. The summed E-state index contributed by atoms with van der Waals surface area (Å²) >= 11 is 1.94. The van der Waals surface area contributed by atoms with Crippen molar-refractivity contribution in [1.29, 1.82) is 0 Å². The molecule has 0 aliphatic rings. The van der Waals surface area contributed by atoms with Crippen LogP contribution in [0.15, 0.2) is 0 Å². The second kappa shape index (κ2) is 18.6. The second-order valence-corrected chi connectivity index (χ2v) is 8.57. The van der Waals surface area contributed by atoms with Crippen LogP contribution >= 0.6 is 11.8 Å². The van der Waals surface area contributed by atoms with E-state index < -0.39 is 0 Å². The van der Waals surface area contributed by atoms with Gasteiger partial charge in [0.2, 0.25) is 5.91 Å². The van der Waals surface area contributed by atoms with E-state index in [4.69, 9.17) is 5.73 Å². The fraction of sp³-hybridized carbons (Fsp3) is 0.952. The van der Waals surface area contributed by atoms with Gasteiger partial charge in [-0.05, 0) is 12.8 Å². The lowest BCUT2D eigenvalue weighted by atomic mass is 10.0. The minimum absolute atomic E-state index is 0.0404. The Balaban J connectivity index is 3.56. The van der Waals surface area contributed by atoms with E-state index in [1.807, 2.05) is 11.8 Å². The number of nitrogens with two attached hydrogens (primary N) is 1. The summed E-state index contributed by atoms with van der Waals surface area (Å²) in [6.45, 7) is 4.98. The molecule has 0 aliphatic heterocycles. The fourth-order valence-electron chi connectivity index (χ4n) is 3.15. The number of hydrogen-bond donors (Lipinski definition) is 2. The molecular weight excluding hydrogens is 328 g/mol. The topological polar surface area (TPSA) is 55.1 Å². The second-order valence-electron chi connectivity index (χ2n) is 7.23. The maximum atomic E-state index is 11.7. The molecule has 0 saturated carbocycles. The molecular formula is C21H44N2OS. The van der Waals surface area contributed by atoms with E-state index in [0.717, 1.165) is 5.75 Å². The highest BCUT2D eigenvalue weighted by Gasteiger charge is 2.17. The molecule has 4 heteroatoms. The minimum atomic E-state index is -0.0404. The Morgan fingerprint density at radius 1 is 0.920 bits per heavy atom. The van der Waals surface area contributed by atoms with Crippen LogP contribution in [-0.4, -0.2) is 30.5 Å². The number of rotatable bonds is 18. The molecule has 25 heavy (non-hydrogen) atoms. The van der Waals surface area contributed by atoms with Gasteiger partial charge in [0, 0.05) is 24.6 Å². The Morgan fingerprint density at radius 2 is 1.44 bits per heavy atom. The smallest absolute Gasteiger partial charge is 0.224 e. The van der Waals surface area contributed by atoms with Crippen LogP contribution in [0.4, 0.5) is 0 Å². The third kappa shape index (κ3) is 14.6. The summed E-state index contributed by atoms with van der Waals surface area (Å²) in [5.74, 6) is 0.896. The van der Waals surface area contributed by atoms with E-state index in [0.29, 0.717) is 11.8 Å². The molecule has 0 aromatic heterocycles. The molecule has 0 bridgehead atoms. The molecule has 0 saturated heterocycles. The van der Waals surface area contributed by atoms with E-state index in [9.17, 15) is 4.79 Å². The van der Waals surface area contributed by atoms with Gasteiger partial charge in [-0.25, -0.2) is 0 Å². The summed E-state index contributed by atoms with van der Waals surface area (Å²) < 4.78 is 0. The standard InChI is InChI=1S/C21H44N2OS/c1-4-6-7-8-9-10-11-12-13-14-15-16-20(5-2)25-18-19(17-22)21(24)23-3/h19-20H,4-18,22H2,1-3H3,(H,23,24). The van der Waals surface area contributed by atoms with Gasteiger partial charge < -0.3 is 11.1 Å². The van der Waals surface area contributed by atoms with Crippen LogP contribution in [0.5, 0.6) is 0 Å². The Hall–Kier alpha value is -0.220. The van der Waals surface area contributed by atoms with E-state index >= 15 is 0 Å². The summed E-state index contributed by atoms with van der Waals surface area (Å²) in [6.07, 6.45) is 17.8. The number of thioether (sulfide) groups is 1. The van der Waals surface area contributed by atoms with Crippen LogP contribution in [0.25, 0.3) is 0 Å². The zero-order valence-electron chi connectivity index (χ0n) is 17.2. The van der Waals surface area contributed by atoms with Gasteiger partial charge >= 0.3 is 0 Å². The SMILES string of the molecule is CCCCCCCCCCCCCC(CC)SCC(CN)C(=O)NC. The van der Waals surface area contributed by atoms with Crippen molar-refractivity contribution < 1.29 is 4.79 Å². The molecule has 0 radical (unpaired) electrons. The molecule has 2 unspecified atom stereocenters. The van der Waals surface area contributed by atoms with E-state index in [2.05, 4.69) is 19.2 Å². The van der Waals surface area contributed by atoms with Gasteiger partial charge in [-0.1, -0.05) is 84.5 Å². The molecule has 3 nitrogen and oxygen atoms in total. The summed E-state index contributed by atoms with van der Waals surface area (Å²) in [4.78, 5) is 11.7. The number of hydrogen-bond acceptors (Lipinski definition) is 3. The lowest BCUT2D eigenvalue weighted by Gasteiger charge is -2.18. The average molecular weight is 373 g/mol. The molecule has 3 N–H and O–H groups in total. The maximum Gasteiger partial charge on any atom is 0.224 e. The first-order valence-electron chi connectivity index (χ1n) is 10.7. The van der Waals surface area contributed by atoms with E-state index in [1.165, 1.54) is 83.5 Å². The van der Waals surface area contributed by atoms with Crippen molar-refractivity contribution in [2.24, 2.45) is 11.7 Å². The highest BCUT2D eigenvalue weighted by Crippen LogP contribution is 2.23. The molecule has 1 amide bonds. The molecule has 150 valence electrons. The number of nitrogens with one attached hydrogen (secondary N) is 1. The number of amides is 1. The zero-order chi connectivity index (χ0) is 18.8. The largest absolute Gasteiger partial charge is 0.359 e. The van der Waals surface area contributed by atoms with Crippen molar-refractivity contribution in [3.05, 3.63) is 0 Å². The van der Waals surface area contributed by atoms with Crippen molar-refractivity contribution in [1.82, 2.24) is 5.32 Å². The summed E-state index contributed by atoms with van der Waals surface area (Å²) in [5.41, 5.74) is 5.72. The van der Waals surface area contributed by atoms with Crippen LogP contribution in [0.3, 0.4) is 0 Å². The van der Waals surface area contributed by atoms with E-state index in [1.54, 1.807) is 7.05 Å². The molecule has 0 rings (SSSR count). The van der Waals surface area contributed by atoms with Gasteiger partial charge in [-0.2, -0.15) is 11.8 Å². The lowest BCUT2D eigenvalue weighted by molar-refractivity contribution is -0.123. The normalized spacial score (nSPS) is 13.6. The van der Waals surface area contributed by atoms with Crippen molar-refractivity contribution >= 4 is 17.7 Å². The van der Waals surface area contributed by atoms with Gasteiger partial charge in [0.15, 0.2) is 0 Å². The number of carbonyl (C=O) groups excluding carboxylic acids is 1. The first-order valence-corrected chi connectivity index (χ1v) is 11.8. The quantitative estimate of drug-likeness (QED) is 0.311. The van der Waals surface area contributed by atoms with Gasteiger partial charge in [-0.15, -0.1) is 0 Å². The predicted octanol–water partition coefficient (Wildman–Crippen LogP) is 5.52. The molecule has 0 aromatic rings. The predicted molar refractivity (Wildman–Crippen MR) is 114 cm³/mol. The molecule has 0 aliphatic carbocycles. The van der Waals surface area contributed by atoms with Crippen molar-refractivity contribution in [3.8, 4) is 0 Å². The van der Waals surface area contributed by atoms with Crippen LogP contribution in [-0.2, 0) is 4.79 Å². The summed E-state index contributed by atoms with van der Waals surface area (Å²) in [7, 11) is 1.69. The van der Waals surface area contributed by atoms with Crippen molar-refractivity contribution in [2.75, 3.05) is 19.3 Å². The first-order chi connectivity index (χ1) is 12.2. The lowest BCUT2D eigenvalue weighted by Crippen LogP contribution is -2.34. The molecule has 0 fully saturated rings. The Morgan fingerprint density at radius 3 is 1.88 bits per heavy atom. The van der Waals surface area contributed by atoms with Crippen molar-refractivity contribution in [2.45, 2.75) is 103 Å². The average Bonchev–Trinajstić information content (AvgIpc) is 2.64. The fourth-order valence-corrected chi connectivity index (χ4v) is 4.51. The molecule has 0 spiro atoms. The van der Waals surface area contributed by atoms with E-state index in [-0.39, 0.29) is 11.8 Å². The molecule has 0 aromatic carbocycles. The van der Waals surface area contributed by atoms with Gasteiger partial charge in [0.05, 0.1) is 5.92 Å². The van der Waals surface area contributed by atoms with Crippen molar-refractivity contribution in [3.63, 3.8) is 0 Å². The van der Waals surface area contributed by atoms with Gasteiger partial charge in [-0.3, -0.25) is 4.79 Å². The van der Waals surface area contributed by atoms with Gasteiger partial charge in [0.1, 0.15) is 0 Å². The third-order valence-corrected chi connectivity index (χ3v) is 6.66. The van der Waals surface area contributed by atoms with Crippen LogP contribution in [0, 0.1) is 5.92 Å². The van der Waals surface area contributed by atoms with Crippen LogP contribution in [0.2, 0.25) is 0 Å². The highest BCUT2D eigenvalue weighted by molar-refractivity contribution is 7.99. The monoisotopic (exact) mass is 372 g/mol. The maximum absolute atomic E-state index is 11.7. The van der Waals surface area contributed by atoms with Gasteiger partial charge in [0.25, 0.3) is 0 Å². The highest BCUT2D eigenvalue weighted by atomic mass is 32.2. The Kier molecular flexibility index (Phi) is 18.4. The Bertz CT molecular complexity index is 300. The van der Waals surface area contributed by atoms with Crippen LogP contribution in [0.1, 0.15) is 97.3 Å². The summed E-state index contributed by atoms with van der Waals surface area (Å²) in [5, 5.41) is 3.39. The number of unbranched alkanes of at least 4 members (excludes halogenated alkanes) is 10. The zero-order valence-corrected chi connectivity index (χ0v) is 18.0. The first kappa shape index (κ1) is 24.8.